The number of anilines is 3. The molecule has 0 saturated heterocycles. The quantitative estimate of drug-likeness (QED) is 0.867. The largest absolute Gasteiger partial charge is 0.366 e. The molecule has 0 spiro atoms. The molecular weight excluding hydrogens is 238 g/mol. The van der Waals surface area contributed by atoms with Crippen LogP contribution in [0, 0.1) is 0 Å². The van der Waals surface area contributed by atoms with Crippen LogP contribution in [0.5, 0.6) is 0 Å². The van der Waals surface area contributed by atoms with E-state index in [1.165, 1.54) is 11.3 Å². The molecule has 0 bridgehead atoms. The Morgan fingerprint density at radius 2 is 2.05 bits per heavy atom. The lowest BCUT2D eigenvalue weighted by Gasteiger charge is -2.20. The molecule has 0 fully saturated rings. The molecule has 1 aliphatic rings. The second-order valence-corrected chi connectivity index (χ2v) is 4.47. The van der Waals surface area contributed by atoms with Crippen molar-refractivity contribution in [3.8, 4) is 0 Å². The smallest absolute Gasteiger partial charge is 0.176 e. The van der Waals surface area contributed by atoms with Crippen molar-refractivity contribution in [2.75, 3.05) is 29.9 Å². The van der Waals surface area contributed by atoms with Crippen molar-refractivity contribution in [1.29, 1.82) is 0 Å². The van der Waals surface area contributed by atoms with E-state index in [2.05, 4.69) is 44.5 Å². The van der Waals surface area contributed by atoms with E-state index in [1.54, 1.807) is 12.4 Å². The molecule has 0 saturated carbocycles. The maximum atomic E-state index is 5.53. The lowest BCUT2D eigenvalue weighted by Crippen LogP contribution is -2.20. The van der Waals surface area contributed by atoms with Crippen LogP contribution in [0.25, 0.3) is 0 Å². The summed E-state index contributed by atoms with van der Waals surface area (Å²) in [5, 5.41) is 3.23. The Bertz CT molecular complexity index is 569. The first-order valence-corrected chi connectivity index (χ1v) is 6.50. The molecule has 5 heteroatoms. The van der Waals surface area contributed by atoms with Crippen molar-refractivity contribution in [3.05, 3.63) is 42.2 Å². The molecule has 0 atom stereocenters. The Hall–Kier alpha value is -2.14. The molecule has 3 N–H and O–H groups in total. The monoisotopic (exact) mass is 255 g/mol. The van der Waals surface area contributed by atoms with Gasteiger partial charge in [0, 0.05) is 37.7 Å². The van der Waals surface area contributed by atoms with E-state index in [1.807, 2.05) is 0 Å². The highest BCUT2D eigenvalue weighted by atomic mass is 15.2. The predicted molar refractivity (Wildman–Crippen MR) is 76.7 cm³/mol. The standard InChI is InChI=1S/C14H17N5/c15-6-7-16-13-14(18-9-8-17-13)19-10-5-11-3-1-2-4-12(11)19/h1-4,8-9H,5-7,10,15H2,(H,16,17). The summed E-state index contributed by atoms with van der Waals surface area (Å²) in [6, 6.07) is 8.43. The van der Waals surface area contributed by atoms with E-state index >= 15 is 0 Å². The zero-order chi connectivity index (χ0) is 13.1. The van der Waals surface area contributed by atoms with E-state index < -0.39 is 0 Å². The molecule has 2 heterocycles. The van der Waals surface area contributed by atoms with Gasteiger partial charge in [0.15, 0.2) is 11.6 Å². The number of fused-ring (bicyclic) bond motifs is 1. The average Bonchev–Trinajstić information content (AvgIpc) is 2.89. The van der Waals surface area contributed by atoms with E-state index in [0.29, 0.717) is 13.1 Å². The van der Waals surface area contributed by atoms with Crippen LogP contribution in [0.4, 0.5) is 17.3 Å². The summed E-state index contributed by atoms with van der Waals surface area (Å²) in [4.78, 5) is 11.0. The number of nitrogens with one attached hydrogen (secondary N) is 1. The summed E-state index contributed by atoms with van der Waals surface area (Å²) < 4.78 is 0. The van der Waals surface area contributed by atoms with Gasteiger partial charge in [-0.2, -0.15) is 0 Å². The third kappa shape index (κ3) is 2.24. The van der Waals surface area contributed by atoms with Crippen molar-refractivity contribution in [2.24, 2.45) is 5.73 Å². The van der Waals surface area contributed by atoms with E-state index in [0.717, 1.165) is 24.6 Å². The highest BCUT2D eigenvalue weighted by Crippen LogP contribution is 2.35. The van der Waals surface area contributed by atoms with Crippen molar-refractivity contribution in [1.82, 2.24) is 9.97 Å². The second-order valence-electron chi connectivity index (χ2n) is 4.47. The van der Waals surface area contributed by atoms with E-state index in [9.17, 15) is 0 Å². The van der Waals surface area contributed by atoms with Crippen molar-refractivity contribution in [2.45, 2.75) is 6.42 Å². The summed E-state index contributed by atoms with van der Waals surface area (Å²) in [7, 11) is 0. The molecule has 3 rings (SSSR count). The van der Waals surface area contributed by atoms with Gasteiger partial charge in [0.1, 0.15) is 0 Å². The number of nitrogens with two attached hydrogens (primary N) is 1. The van der Waals surface area contributed by atoms with Crippen LogP contribution in [0.2, 0.25) is 0 Å². The van der Waals surface area contributed by atoms with Crippen LogP contribution >= 0.6 is 0 Å². The van der Waals surface area contributed by atoms with Gasteiger partial charge in [-0.1, -0.05) is 18.2 Å². The number of aromatic nitrogens is 2. The summed E-state index contributed by atoms with van der Waals surface area (Å²) in [6.07, 6.45) is 4.47. The van der Waals surface area contributed by atoms with Gasteiger partial charge in [0.05, 0.1) is 0 Å². The molecule has 1 aromatic heterocycles. The maximum absolute atomic E-state index is 5.53. The van der Waals surface area contributed by atoms with Gasteiger partial charge in [0.2, 0.25) is 0 Å². The lowest BCUT2D eigenvalue weighted by atomic mass is 10.2. The normalized spacial score (nSPS) is 13.4. The molecule has 0 unspecified atom stereocenters. The van der Waals surface area contributed by atoms with Gasteiger partial charge in [-0.15, -0.1) is 0 Å². The Labute approximate surface area is 112 Å². The van der Waals surface area contributed by atoms with Gasteiger partial charge >= 0.3 is 0 Å². The third-order valence-electron chi connectivity index (χ3n) is 3.26. The third-order valence-corrected chi connectivity index (χ3v) is 3.26. The molecule has 19 heavy (non-hydrogen) atoms. The van der Waals surface area contributed by atoms with Crippen LogP contribution in [0.1, 0.15) is 5.56 Å². The highest BCUT2D eigenvalue weighted by molar-refractivity contribution is 5.74. The van der Waals surface area contributed by atoms with Crippen LogP contribution in [0.3, 0.4) is 0 Å². The molecule has 0 amide bonds. The van der Waals surface area contributed by atoms with Crippen LogP contribution in [-0.2, 0) is 6.42 Å². The van der Waals surface area contributed by atoms with Crippen molar-refractivity contribution < 1.29 is 0 Å². The number of nitrogens with zero attached hydrogens (tertiary/aromatic N) is 3. The zero-order valence-corrected chi connectivity index (χ0v) is 10.7. The van der Waals surface area contributed by atoms with Crippen molar-refractivity contribution >= 4 is 17.3 Å². The number of hydrogen-bond acceptors (Lipinski definition) is 5. The highest BCUT2D eigenvalue weighted by Gasteiger charge is 2.23. The Balaban J connectivity index is 1.95. The number of hydrogen-bond donors (Lipinski definition) is 2. The summed E-state index contributed by atoms with van der Waals surface area (Å²) in [5.74, 6) is 1.67. The molecule has 0 radical (unpaired) electrons. The second kappa shape index (κ2) is 5.24. The topological polar surface area (TPSA) is 67.1 Å². The number of benzene rings is 1. The predicted octanol–water partition coefficient (Wildman–Crippen LogP) is 1.54. The van der Waals surface area contributed by atoms with Gasteiger partial charge in [-0.3, -0.25) is 0 Å². The minimum Gasteiger partial charge on any atom is -0.366 e. The molecule has 0 aliphatic carbocycles. The minimum absolute atomic E-state index is 0.576. The maximum Gasteiger partial charge on any atom is 0.176 e. The summed E-state index contributed by atoms with van der Waals surface area (Å²) in [6.45, 7) is 2.21. The number of rotatable bonds is 4. The lowest BCUT2D eigenvalue weighted by molar-refractivity contribution is 0.951. The zero-order valence-electron chi connectivity index (χ0n) is 10.7. The first-order valence-electron chi connectivity index (χ1n) is 6.50. The molecule has 5 nitrogen and oxygen atoms in total. The van der Waals surface area contributed by atoms with E-state index in [4.69, 9.17) is 5.73 Å². The minimum atomic E-state index is 0.576. The molecular formula is C14H17N5. The number of para-hydroxylation sites is 1. The van der Waals surface area contributed by atoms with Crippen LogP contribution in [-0.4, -0.2) is 29.6 Å². The van der Waals surface area contributed by atoms with Crippen LogP contribution in [0.15, 0.2) is 36.7 Å². The van der Waals surface area contributed by atoms with Crippen molar-refractivity contribution in [3.63, 3.8) is 0 Å². The molecule has 1 aromatic carbocycles. The Morgan fingerprint density at radius 3 is 2.95 bits per heavy atom. The average molecular weight is 255 g/mol. The van der Waals surface area contributed by atoms with E-state index in [-0.39, 0.29) is 0 Å². The fraction of sp³-hybridized carbons (Fsp3) is 0.286. The fourth-order valence-electron chi connectivity index (χ4n) is 2.40. The van der Waals surface area contributed by atoms with Gasteiger partial charge in [-0.05, 0) is 18.1 Å². The van der Waals surface area contributed by atoms with Gasteiger partial charge in [-0.25, -0.2) is 9.97 Å². The Kier molecular flexibility index (Phi) is 3.29. The molecule has 2 aromatic rings. The first kappa shape index (κ1) is 11.9. The fourth-order valence-corrected chi connectivity index (χ4v) is 2.40. The van der Waals surface area contributed by atoms with Gasteiger partial charge < -0.3 is 16.0 Å². The Morgan fingerprint density at radius 1 is 1.21 bits per heavy atom. The first-order chi connectivity index (χ1) is 9.40. The summed E-state index contributed by atoms with van der Waals surface area (Å²) >= 11 is 0. The van der Waals surface area contributed by atoms with Crippen LogP contribution < -0.4 is 16.0 Å². The molecule has 1 aliphatic heterocycles. The summed E-state index contributed by atoms with van der Waals surface area (Å²) in [5.41, 5.74) is 8.11. The van der Waals surface area contributed by atoms with Gasteiger partial charge in [0.25, 0.3) is 0 Å². The SMILES string of the molecule is NCCNc1nccnc1N1CCc2ccccc21. The molecule has 98 valence electrons.